The van der Waals surface area contributed by atoms with Crippen LogP contribution in [-0.4, -0.2) is 16.7 Å². The molecule has 1 aromatic rings. The maximum Gasteiger partial charge on any atom is 0.218 e. The molecule has 16 heavy (non-hydrogen) atoms. The zero-order valence-electron chi connectivity index (χ0n) is 9.79. The number of ether oxygens (including phenoxy) is 2. The predicted molar refractivity (Wildman–Crippen MR) is 71.0 cm³/mol. The summed E-state index contributed by atoms with van der Waals surface area (Å²) in [7, 11) is 0. The fourth-order valence-electron chi connectivity index (χ4n) is 1.26. The summed E-state index contributed by atoms with van der Waals surface area (Å²) < 4.78 is 12.4. The van der Waals surface area contributed by atoms with Gasteiger partial charge in [0.15, 0.2) is 0 Å². The number of aromatic nitrogens is 1. The van der Waals surface area contributed by atoms with Gasteiger partial charge in [-0.25, -0.2) is 4.98 Å². The standard InChI is InChI=1S/C12H16INO2/c1-12(2,3)16-11-7-9(6-10(13)14-11)15-8-4-5-8/h6-8H,4-5H2,1-3H3. The van der Waals surface area contributed by atoms with Crippen molar-refractivity contribution in [3.8, 4) is 11.6 Å². The average Bonchev–Trinajstić information content (AvgIpc) is 2.82. The lowest BCUT2D eigenvalue weighted by atomic mass is 10.2. The molecule has 0 amide bonds. The highest BCUT2D eigenvalue weighted by Gasteiger charge is 2.24. The third-order valence-electron chi connectivity index (χ3n) is 1.98. The molecule has 0 saturated heterocycles. The summed E-state index contributed by atoms with van der Waals surface area (Å²) in [5.41, 5.74) is -0.228. The molecule has 88 valence electrons. The number of rotatable bonds is 3. The second-order valence-electron chi connectivity index (χ2n) is 5.00. The monoisotopic (exact) mass is 333 g/mol. The van der Waals surface area contributed by atoms with Crippen LogP contribution in [0.5, 0.6) is 11.6 Å². The maximum absolute atomic E-state index is 5.74. The average molecular weight is 333 g/mol. The quantitative estimate of drug-likeness (QED) is 0.628. The van der Waals surface area contributed by atoms with Crippen molar-refractivity contribution in [2.24, 2.45) is 0 Å². The van der Waals surface area contributed by atoms with E-state index in [1.165, 1.54) is 0 Å². The van der Waals surface area contributed by atoms with Crippen LogP contribution in [0.4, 0.5) is 0 Å². The van der Waals surface area contributed by atoms with E-state index in [4.69, 9.17) is 9.47 Å². The van der Waals surface area contributed by atoms with Gasteiger partial charge in [0.05, 0.1) is 6.10 Å². The van der Waals surface area contributed by atoms with Gasteiger partial charge in [0.1, 0.15) is 15.1 Å². The molecule has 1 heterocycles. The van der Waals surface area contributed by atoms with Crippen molar-refractivity contribution in [3.05, 3.63) is 15.8 Å². The van der Waals surface area contributed by atoms with E-state index < -0.39 is 0 Å². The molecule has 3 nitrogen and oxygen atoms in total. The van der Waals surface area contributed by atoms with E-state index in [0.717, 1.165) is 22.3 Å². The Balaban J connectivity index is 2.14. The molecule has 1 aliphatic carbocycles. The Kier molecular flexibility index (Phi) is 3.28. The molecule has 2 rings (SSSR count). The third-order valence-corrected chi connectivity index (χ3v) is 2.53. The van der Waals surface area contributed by atoms with Gasteiger partial charge in [-0.05, 0) is 56.2 Å². The molecule has 0 aromatic carbocycles. The molecule has 0 unspecified atom stereocenters. The first kappa shape index (κ1) is 12.0. The molecular weight excluding hydrogens is 317 g/mol. The van der Waals surface area contributed by atoms with E-state index >= 15 is 0 Å². The summed E-state index contributed by atoms with van der Waals surface area (Å²) in [6.45, 7) is 6.03. The van der Waals surface area contributed by atoms with Crippen LogP contribution in [0.1, 0.15) is 33.6 Å². The van der Waals surface area contributed by atoms with Crippen LogP contribution in [0.2, 0.25) is 0 Å². The topological polar surface area (TPSA) is 31.4 Å². The van der Waals surface area contributed by atoms with E-state index in [-0.39, 0.29) is 5.60 Å². The first-order valence-electron chi connectivity index (χ1n) is 5.46. The van der Waals surface area contributed by atoms with Crippen LogP contribution >= 0.6 is 22.6 Å². The molecule has 0 radical (unpaired) electrons. The predicted octanol–water partition coefficient (Wildman–Crippen LogP) is 3.40. The summed E-state index contributed by atoms with van der Waals surface area (Å²) in [5.74, 6) is 1.50. The van der Waals surface area contributed by atoms with Gasteiger partial charge in [0.25, 0.3) is 0 Å². The summed E-state index contributed by atoms with van der Waals surface area (Å²) in [4.78, 5) is 4.33. The van der Waals surface area contributed by atoms with Crippen LogP contribution in [-0.2, 0) is 0 Å². The van der Waals surface area contributed by atoms with Gasteiger partial charge in [-0.15, -0.1) is 0 Å². The van der Waals surface area contributed by atoms with E-state index in [9.17, 15) is 0 Å². The van der Waals surface area contributed by atoms with Gasteiger partial charge in [0.2, 0.25) is 5.88 Å². The number of nitrogens with zero attached hydrogens (tertiary/aromatic N) is 1. The molecule has 1 aliphatic rings. The third kappa shape index (κ3) is 3.81. The van der Waals surface area contributed by atoms with E-state index in [1.807, 2.05) is 32.9 Å². The van der Waals surface area contributed by atoms with Crippen LogP contribution in [0.15, 0.2) is 12.1 Å². The van der Waals surface area contributed by atoms with Gasteiger partial charge < -0.3 is 9.47 Å². The second-order valence-corrected chi connectivity index (χ2v) is 6.10. The van der Waals surface area contributed by atoms with Crippen LogP contribution < -0.4 is 9.47 Å². The minimum atomic E-state index is -0.228. The van der Waals surface area contributed by atoms with Gasteiger partial charge in [0, 0.05) is 12.1 Å². The molecule has 0 bridgehead atoms. The molecule has 0 atom stereocenters. The molecular formula is C12H16INO2. The van der Waals surface area contributed by atoms with Crippen molar-refractivity contribution in [2.45, 2.75) is 45.3 Å². The Bertz CT molecular complexity index is 383. The number of pyridine rings is 1. The van der Waals surface area contributed by atoms with Gasteiger partial charge in [-0.3, -0.25) is 0 Å². The molecule has 0 spiro atoms. The fourth-order valence-corrected chi connectivity index (χ4v) is 1.81. The largest absolute Gasteiger partial charge is 0.490 e. The van der Waals surface area contributed by atoms with Gasteiger partial charge in [-0.2, -0.15) is 0 Å². The van der Waals surface area contributed by atoms with Crippen LogP contribution in [0.3, 0.4) is 0 Å². The van der Waals surface area contributed by atoms with Crippen molar-refractivity contribution in [1.82, 2.24) is 4.98 Å². The lowest BCUT2D eigenvalue weighted by Crippen LogP contribution is -2.23. The smallest absolute Gasteiger partial charge is 0.218 e. The molecule has 1 aromatic heterocycles. The second kappa shape index (κ2) is 4.39. The van der Waals surface area contributed by atoms with Crippen molar-refractivity contribution >= 4 is 22.6 Å². The SMILES string of the molecule is CC(C)(C)Oc1cc(OC2CC2)cc(I)n1. The minimum absolute atomic E-state index is 0.228. The zero-order chi connectivity index (χ0) is 11.8. The normalized spacial score (nSPS) is 16.0. The maximum atomic E-state index is 5.74. The lowest BCUT2D eigenvalue weighted by molar-refractivity contribution is 0.123. The van der Waals surface area contributed by atoms with Crippen molar-refractivity contribution in [3.63, 3.8) is 0 Å². The highest BCUT2D eigenvalue weighted by molar-refractivity contribution is 14.1. The van der Waals surface area contributed by atoms with Crippen molar-refractivity contribution in [1.29, 1.82) is 0 Å². The highest BCUT2D eigenvalue weighted by atomic mass is 127. The Morgan fingerprint density at radius 2 is 2.00 bits per heavy atom. The van der Waals surface area contributed by atoms with Crippen LogP contribution in [0.25, 0.3) is 0 Å². The molecule has 1 fully saturated rings. The fraction of sp³-hybridized carbons (Fsp3) is 0.583. The lowest BCUT2D eigenvalue weighted by Gasteiger charge is -2.20. The number of halogens is 1. The molecule has 1 saturated carbocycles. The number of hydrogen-bond donors (Lipinski definition) is 0. The van der Waals surface area contributed by atoms with Gasteiger partial charge in [-0.1, -0.05) is 0 Å². The van der Waals surface area contributed by atoms with E-state index in [1.54, 1.807) is 0 Å². The number of hydrogen-bond acceptors (Lipinski definition) is 3. The summed E-state index contributed by atoms with van der Waals surface area (Å²) in [5, 5.41) is 0. The summed E-state index contributed by atoms with van der Waals surface area (Å²) in [6.07, 6.45) is 2.73. The first-order valence-corrected chi connectivity index (χ1v) is 6.53. The molecule has 4 heteroatoms. The first-order chi connectivity index (χ1) is 7.42. The van der Waals surface area contributed by atoms with Gasteiger partial charge >= 0.3 is 0 Å². The Hall–Kier alpha value is -0.520. The minimum Gasteiger partial charge on any atom is -0.490 e. The highest BCUT2D eigenvalue weighted by Crippen LogP contribution is 2.30. The van der Waals surface area contributed by atoms with E-state index in [0.29, 0.717) is 12.0 Å². The Morgan fingerprint density at radius 3 is 2.56 bits per heavy atom. The molecule has 0 N–H and O–H groups in total. The summed E-state index contributed by atoms with van der Waals surface area (Å²) in [6, 6.07) is 3.81. The summed E-state index contributed by atoms with van der Waals surface area (Å²) >= 11 is 2.18. The van der Waals surface area contributed by atoms with Crippen LogP contribution in [0, 0.1) is 3.70 Å². The van der Waals surface area contributed by atoms with Crippen molar-refractivity contribution in [2.75, 3.05) is 0 Å². The Morgan fingerprint density at radius 1 is 1.31 bits per heavy atom. The van der Waals surface area contributed by atoms with E-state index in [2.05, 4.69) is 27.6 Å². The molecule has 0 aliphatic heterocycles. The zero-order valence-corrected chi connectivity index (χ0v) is 11.9. The Labute approximate surface area is 110 Å². The van der Waals surface area contributed by atoms with Crippen molar-refractivity contribution < 1.29 is 9.47 Å².